The van der Waals surface area contributed by atoms with Crippen LogP contribution in [0.3, 0.4) is 0 Å². The van der Waals surface area contributed by atoms with Crippen molar-refractivity contribution in [3.63, 3.8) is 0 Å². The summed E-state index contributed by atoms with van der Waals surface area (Å²) in [6, 6.07) is 16.2. The Hall–Kier alpha value is -2.86. The second kappa shape index (κ2) is 11.9. The molecule has 6 nitrogen and oxygen atoms in total. The van der Waals surface area contributed by atoms with Crippen LogP contribution in [0, 0.1) is 0 Å². The maximum Gasteiger partial charge on any atom is 0.247 e. The predicted molar refractivity (Wildman–Crippen MR) is 113 cm³/mol. The fourth-order valence-corrected chi connectivity index (χ4v) is 3.05. The maximum atomic E-state index is 13.0. The van der Waals surface area contributed by atoms with Crippen LogP contribution >= 0.6 is 0 Å². The Morgan fingerprint density at radius 1 is 1.07 bits per heavy atom. The minimum absolute atomic E-state index is 0.167. The Bertz CT molecular complexity index is 762. The third-order valence-corrected chi connectivity index (χ3v) is 4.56. The smallest absolute Gasteiger partial charge is 0.247 e. The molecular formula is C23H30N2O4. The third kappa shape index (κ3) is 6.91. The SMILES string of the molecule is CCOCCCNC(=O)C(c1ccccc1)N(Cc1ccc(OC)cc1)C(C)=O. The number of benzene rings is 2. The lowest BCUT2D eigenvalue weighted by Crippen LogP contribution is -2.43. The molecule has 0 aliphatic rings. The molecule has 0 aliphatic carbocycles. The maximum absolute atomic E-state index is 13.0. The van der Waals surface area contributed by atoms with Crippen molar-refractivity contribution >= 4 is 11.8 Å². The molecule has 1 unspecified atom stereocenters. The number of carbonyl (C=O) groups excluding carboxylic acids is 2. The quantitative estimate of drug-likeness (QED) is 0.590. The Balaban J connectivity index is 2.20. The average Bonchev–Trinajstić information content (AvgIpc) is 2.74. The van der Waals surface area contributed by atoms with Gasteiger partial charge in [0.25, 0.3) is 0 Å². The largest absolute Gasteiger partial charge is 0.497 e. The number of hydrogen-bond donors (Lipinski definition) is 1. The van der Waals surface area contributed by atoms with Gasteiger partial charge in [0.05, 0.1) is 7.11 Å². The Morgan fingerprint density at radius 3 is 2.34 bits per heavy atom. The summed E-state index contributed by atoms with van der Waals surface area (Å²) in [5, 5.41) is 2.95. The lowest BCUT2D eigenvalue weighted by Gasteiger charge is -2.30. The van der Waals surface area contributed by atoms with Crippen molar-refractivity contribution in [1.82, 2.24) is 10.2 Å². The van der Waals surface area contributed by atoms with Crippen molar-refractivity contribution in [3.05, 3.63) is 65.7 Å². The number of carbonyl (C=O) groups is 2. The van der Waals surface area contributed by atoms with Crippen LogP contribution in [0.2, 0.25) is 0 Å². The topological polar surface area (TPSA) is 67.9 Å². The molecule has 0 saturated heterocycles. The molecule has 0 aromatic heterocycles. The van der Waals surface area contributed by atoms with E-state index >= 15 is 0 Å². The van der Waals surface area contributed by atoms with Crippen LogP contribution in [0.1, 0.15) is 37.4 Å². The van der Waals surface area contributed by atoms with Crippen LogP contribution in [0.4, 0.5) is 0 Å². The molecule has 0 radical (unpaired) electrons. The van der Waals surface area contributed by atoms with Crippen LogP contribution < -0.4 is 10.1 Å². The van der Waals surface area contributed by atoms with E-state index in [1.54, 1.807) is 12.0 Å². The summed E-state index contributed by atoms with van der Waals surface area (Å²) in [6.07, 6.45) is 0.722. The summed E-state index contributed by atoms with van der Waals surface area (Å²) in [5.74, 6) is 0.380. The van der Waals surface area contributed by atoms with Crippen molar-refractivity contribution in [2.75, 3.05) is 26.9 Å². The minimum Gasteiger partial charge on any atom is -0.497 e. The van der Waals surface area contributed by atoms with E-state index in [1.807, 2.05) is 61.5 Å². The van der Waals surface area contributed by atoms with Gasteiger partial charge in [-0.15, -0.1) is 0 Å². The Labute approximate surface area is 172 Å². The standard InChI is InChI=1S/C23H30N2O4/c1-4-29-16-8-15-24-23(27)22(20-9-6-5-7-10-20)25(18(2)26)17-19-11-13-21(28-3)14-12-19/h5-7,9-14,22H,4,8,15-17H2,1-3H3,(H,24,27). The first-order valence-electron chi connectivity index (χ1n) is 9.87. The number of methoxy groups -OCH3 is 1. The highest BCUT2D eigenvalue weighted by Crippen LogP contribution is 2.24. The number of nitrogens with one attached hydrogen (secondary N) is 1. The van der Waals surface area contributed by atoms with Crippen molar-refractivity contribution in [2.45, 2.75) is 32.9 Å². The van der Waals surface area contributed by atoms with E-state index in [0.29, 0.717) is 26.3 Å². The molecule has 2 amide bonds. The van der Waals surface area contributed by atoms with Gasteiger partial charge in [0.2, 0.25) is 11.8 Å². The molecule has 2 aromatic rings. The highest BCUT2D eigenvalue weighted by molar-refractivity contribution is 5.88. The molecule has 0 heterocycles. The van der Waals surface area contributed by atoms with E-state index in [-0.39, 0.29) is 11.8 Å². The van der Waals surface area contributed by atoms with Crippen LogP contribution in [-0.4, -0.2) is 43.6 Å². The third-order valence-electron chi connectivity index (χ3n) is 4.56. The molecular weight excluding hydrogens is 368 g/mol. The first-order chi connectivity index (χ1) is 14.1. The lowest BCUT2D eigenvalue weighted by molar-refractivity contribution is -0.140. The summed E-state index contributed by atoms with van der Waals surface area (Å²) in [6.45, 7) is 5.49. The summed E-state index contributed by atoms with van der Waals surface area (Å²) in [7, 11) is 1.61. The van der Waals surface area contributed by atoms with E-state index in [1.165, 1.54) is 6.92 Å². The predicted octanol–water partition coefficient (Wildman–Crippen LogP) is 3.33. The van der Waals surface area contributed by atoms with E-state index in [9.17, 15) is 9.59 Å². The molecule has 6 heteroatoms. The van der Waals surface area contributed by atoms with Gasteiger partial charge in [0, 0.05) is 33.2 Å². The van der Waals surface area contributed by atoms with E-state index in [2.05, 4.69) is 5.32 Å². The zero-order chi connectivity index (χ0) is 21.1. The fourth-order valence-electron chi connectivity index (χ4n) is 3.05. The molecule has 0 bridgehead atoms. The number of rotatable bonds is 11. The van der Waals surface area contributed by atoms with Crippen molar-refractivity contribution < 1.29 is 19.1 Å². The molecule has 0 spiro atoms. The Kier molecular flexibility index (Phi) is 9.18. The molecule has 2 rings (SSSR count). The van der Waals surface area contributed by atoms with Gasteiger partial charge in [0.15, 0.2) is 0 Å². The first-order valence-corrected chi connectivity index (χ1v) is 9.87. The second-order valence-electron chi connectivity index (χ2n) is 6.65. The molecule has 2 aromatic carbocycles. The van der Waals surface area contributed by atoms with E-state index < -0.39 is 6.04 Å². The summed E-state index contributed by atoms with van der Waals surface area (Å²) in [4.78, 5) is 27.1. The van der Waals surface area contributed by atoms with Crippen LogP contribution in [-0.2, 0) is 20.9 Å². The number of ether oxygens (including phenoxy) is 2. The molecule has 0 fully saturated rings. The van der Waals surface area contributed by atoms with Gasteiger partial charge in [-0.1, -0.05) is 42.5 Å². The normalized spacial score (nSPS) is 11.6. The van der Waals surface area contributed by atoms with Crippen LogP contribution in [0.25, 0.3) is 0 Å². The second-order valence-corrected chi connectivity index (χ2v) is 6.65. The van der Waals surface area contributed by atoms with Gasteiger partial charge < -0.3 is 19.7 Å². The molecule has 1 atom stereocenters. The zero-order valence-corrected chi connectivity index (χ0v) is 17.4. The lowest BCUT2D eigenvalue weighted by atomic mass is 10.0. The molecule has 0 saturated carbocycles. The van der Waals surface area contributed by atoms with Gasteiger partial charge in [-0.25, -0.2) is 0 Å². The van der Waals surface area contributed by atoms with Crippen molar-refractivity contribution in [3.8, 4) is 5.75 Å². The van der Waals surface area contributed by atoms with Gasteiger partial charge in [-0.2, -0.15) is 0 Å². The van der Waals surface area contributed by atoms with Crippen molar-refractivity contribution in [2.24, 2.45) is 0 Å². The van der Waals surface area contributed by atoms with Crippen LogP contribution in [0.5, 0.6) is 5.75 Å². The van der Waals surface area contributed by atoms with Crippen molar-refractivity contribution in [1.29, 1.82) is 0 Å². The molecule has 29 heavy (non-hydrogen) atoms. The first kappa shape index (κ1) is 22.4. The number of nitrogens with zero attached hydrogens (tertiary/aromatic N) is 1. The van der Waals surface area contributed by atoms with E-state index in [4.69, 9.17) is 9.47 Å². The highest BCUT2D eigenvalue weighted by atomic mass is 16.5. The summed E-state index contributed by atoms with van der Waals surface area (Å²) < 4.78 is 10.5. The van der Waals surface area contributed by atoms with E-state index in [0.717, 1.165) is 23.3 Å². The molecule has 156 valence electrons. The van der Waals surface area contributed by atoms with Gasteiger partial charge >= 0.3 is 0 Å². The molecule has 0 aliphatic heterocycles. The molecule has 1 N–H and O–H groups in total. The number of amides is 2. The zero-order valence-electron chi connectivity index (χ0n) is 17.4. The fraction of sp³-hybridized carbons (Fsp3) is 0.391. The van der Waals surface area contributed by atoms with Gasteiger partial charge in [-0.3, -0.25) is 9.59 Å². The van der Waals surface area contributed by atoms with Gasteiger partial charge in [0.1, 0.15) is 11.8 Å². The summed E-state index contributed by atoms with van der Waals surface area (Å²) in [5.41, 5.74) is 1.70. The van der Waals surface area contributed by atoms with Crippen LogP contribution in [0.15, 0.2) is 54.6 Å². The minimum atomic E-state index is -0.706. The highest BCUT2D eigenvalue weighted by Gasteiger charge is 2.29. The summed E-state index contributed by atoms with van der Waals surface area (Å²) >= 11 is 0. The average molecular weight is 399 g/mol. The monoisotopic (exact) mass is 398 g/mol. The number of hydrogen-bond acceptors (Lipinski definition) is 4. The van der Waals surface area contributed by atoms with Gasteiger partial charge in [-0.05, 0) is 36.6 Å². The Morgan fingerprint density at radius 2 is 1.76 bits per heavy atom.